The van der Waals surface area contributed by atoms with Crippen LogP contribution in [0.5, 0.6) is 0 Å². The largest absolute Gasteiger partial charge is 0.444 e. The van der Waals surface area contributed by atoms with Crippen LogP contribution in [0.25, 0.3) is 0 Å². The first-order valence-corrected chi connectivity index (χ1v) is 10.8. The van der Waals surface area contributed by atoms with E-state index in [1.807, 2.05) is 25.5 Å². The predicted molar refractivity (Wildman–Crippen MR) is 112 cm³/mol. The van der Waals surface area contributed by atoms with Crippen molar-refractivity contribution in [3.05, 3.63) is 18.0 Å². The van der Waals surface area contributed by atoms with E-state index in [2.05, 4.69) is 10.4 Å². The Morgan fingerprint density at radius 1 is 1.23 bits per heavy atom. The number of rotatable bonds is 0. The number of hydrogen-bond donors (Lipinski definition) is 1. The lowest BCUT2D eigenvalue weighted by atomic mass is 9.94. The lowest BCUT2D eigenvalue weighted by molar-refractivity contribution is -0.120. The Labute approximate surface area is 178 Å². The minimum absolute atomic E-state index is 0.0891. The molecule has 2 amide bonds. The molecule has 168 valence electrons. The van der Waals surface area contributed by atoms with Crippen molar-refractivity contribution in [2.24, 2.45) is 0 Å². The fraction of sp³-hybridized carbons (Fsp3) is 0.762. The molecule has 0 aliphatic carbocycles. The number of carbonyl (C=O) groups excluding carboxylic acids is 2. The molecule has 0 saturated carbocycles. The average molecular weight is 422 g/mol. The van der Waals surface area contributed by atoms with Crippen molar-refractivity contribution in [1.29, 1.82) is 0 Å². The first kappa shape index (κ1) is 22.6. The molecule has 1 fully saturated rings. The van der Waals surface area contributed by atoms with E-state index in [1.165, 1.54) is 0 Å². The van der Waals surface area contributed by atoms with E-state index in [9.17, 15) is 9.59 Å². The second-order valence-electron chi connectivity index (χ2n) is 9.29. The van der Waals surface area contributed by atoms with Gasteiger partial charge in [0.15, 0.2) is 0 Å². The number of morpholine rings is 1. The van der Waals surface area contributed by atoms with Gasteiger partial charge in [-0.3, -0.25) is 9.48 Å². The van der Waals surface area contributed by atoms with E-state index in [1.54, 1.807) is 29.2 Å². The normalized spacial score (nSPS) is 24.6. The standard InChI is InChI=1S/C21H35N5O4/c1-20(2,3)30-19(28)25-11-12-29-21(16-25)7-5-8-22-9-6-10-26-14-17(13-23-26)18(27)24(4)15-21/h13-14,22H,5-12,15-16H2,1-4H3. The molecule has 0 aromatic carbocycles. The summed E-state index contributed by atoms with van der Waals surface area (Å²) in [5.41, 5.74) is -0.609. The molecule has 1 N–H and O–H groups in total. The SMILES string of the molecule is CN1CC2(CCCNCCCn3cc(cn3)C1=O)CN(C(=O)OC(C)(C)C)CCO2. The van der Waals surface area contributed by atoms with Gasteiger partial charge in [0, 0.05) is 26.3 Å². The second kappa shape index (κ2) is 9.34. The Morgan fingerprint density at radius 2 is 2.00 bits per heavy atom. The molecule has 1 atom stereocenters. The van der Waals surface area contributed by atoms with Crippen LogP contribution in [-0.4, -0.2) is 89.2 Å². The summed E-state index contributed by atoms with van der Waals surface area (Å²) in [7, 11) is 1.78. The zero-order valence-electron chi connectivity index (χ0n) is 18.6. The molecule has 30 heavy (non-hydrogen) atoms. The Kier molecular flexibility index (Phi) is 7.02. The fourth-order valence-corrected chi connectivity index (χ4v) is 4.00. The summed E-state index contributed by atoms with van der Waals surface area (Å²) in [6.07, 6.45) is 5.67. The number of hydrogen-bond acceptors (Lipinski definition) is 6. The highest BCUT2D eigenvalue weighted by atomic mass is 16.6. The number of nitrogens with one attached hydrogen (secondary N) is 1. The van der Waals surface area contributed by atoms with Crippen LogP contribution in [0.4, 0.5) is 4.79 Å². The Hall–Kier alpha value is -2.13. The first-order chi connectivity index (χ1) is 14.2. The molecule has 9 heteroatoms. The number of fused-ring (bicyclic) bond motifs is 2. The minimum atomic E-state index is -0.624. The van der Waals surface area contributed by atoms with Gasteiger partial charge in [0.1, 0.15) is 11.2 Å². The van der Waals surface area contributed by atoms with Gasteiger partial charge in [-0.15, -0.1) is 0 Å². The van der Waals surface area contributed by atoms with Gasteiger partial charge in [-0.1, -0.05) is 0 Å². The highest BCUT2D eigenvalue weighted by molar-refractivity contribution is 5.93. The zero-order chi connectivity index (χ0) is 21.8. The Bertz CT molecular complexity index is 744. The van der Waals surface area contributed by atoms with E-state index in [0.717, 1.165) is 38.9 Å². The van der Waals surface area contributed by atoms with Gasteiger partial charge in [0.25, 0.3) is 5.91 Å². The molecular formula is C21H35N5O4. The lowest BCUT2D eigenvalue weighted by Crippen LogP contribution is -2.59. The summed E-state index contributed by atoms with van der Waals surface area (Å²) < 4.78 is 13.6. The highest BCUT2D eigenvalue weighted by Gasteiger charge is 2.41. The summed E-state index contributed by atoms with van der Waals surface area (Å²) >= 11 is 0. The topological polar surface area (TPSA) is 88.9 Å². The van der Waals surface area contributed by atoms with Crippen LogP contribution in [0.2, 0.25) is 0 Å². The van der Waals surface area contributed by atoms with Gasteiger partial charge < -0.3 is 24.6 Å². The molecule has 1 unspecified atom stereocenters. The van der Waals surface area contributed by atoms with Crippen LogP contribution in [-0.2, 0) is 16.0 Å². The second-order valence-corrected chi connectivity index (χ2v) is 9.29. The number of amides is 2. The average Bonchev–Trinajstić information content (AvgIpc) is 3.13. The molecule has 1 aromatic heterocycles. The summed E-state index contributed by atoms with van der Waals surface area (Å²) in [6, 6.07) is 0. The smallest absolute Gasteiger partial charge is 0.410 e. The monoisotopic (exact) mass is 421 g/mol. The number of carbonyl (C=O) groups is 2. The summed E-state index contributed by atoms with van der Waals surface area (Å²) in [4.78, 5) is 29.0. The molecule has 1 aromatic rings. The highest BCUT2D eigenvalue weighted by Crippen LogP contribution is 2.27. The summed E-state index contributed by atoms with van der Waals surface area (Å²) in [5, 5.41) is 7.77. The van der Waals surface area contributed by atoms with E-state index in [4.69, 9.17) is 9.47 Å². The number of aromatic nitrogens is 2. The Balaban J connectivity index is 1.78. The van der Waals surface area contributed by atoms with E-state index in [-0.39, 0.29) is 12.0 Å². The first-order valence-electron chi connectivity index (χ1n) is 10.8. The van der Waals surface area contributed by atoms with Gasteiger partial charge in [0.05, 0.1) is 31.5 Å². The maximum Gasteiger partial charge on any atom is 0.410 e. The number of aryl methyl sites for hydroxylation is 1. The van der Waals surface area contributed by atoms with E-state index < -0.39 is 11.2 Å². The molecule has 0 radical (unpaired) electrons. The quantitative estimate of drug-likeness (QED) is 0.686. The predicted octanol–water partition coefficient (Wildman–Crippen LogP) is 1.73. The molecule has 2 bridgehead atoms. The van der Waals surface area contributed by atoms with Gasteiger partial charge in [0.2, 0.25) is 0 Å². The molecule has 1 spiro atoms. The Morgan fingerprint density at radius 3 is 2.77 bits per heavy atom. The van der Waals surface area contributed by atoms with Crippen LogP contribution in [0.15, 0.2) is 12.4 Å². The van der Waals surface area contributed by atoms with Crippen molar-refractivity contribution in [3.63, 3.8) is 0 Å². The van der Waals surface area contributed by atoms with Gasteiger partial charge >= 0.3 is 6.09 Å². The number of nitrogens with zero attached hydrogens (tertiary/aromatic N) is 4. The molecule has 2 aliphatic rings. The maximum atomic E-state index is 13.0. The van der Waals surface area contributed by atoms with E-state index in [0.29, 0.717) is 31.8 Å². The maximum absolute atomic E-state index is 13.0. The van der Waals surface area contributed by atoms with Crippen LogP contribution in [0.3, 0.4) is 0 Å². The van der Waals surface area contributed by atoms with Crippen molar-refractivity contribution in [3.8, 4) is 0 Å². The molecule has 3 heterocycles. The third kappa shape index (κ3) is 5.95. The number of ether oxygens (including phenoxy) is 2. The van der Waals surface area contributed by atoms with Crippen molar-refractivity contribution in [2.45, 2.75) is 57.8 Å². The zero-order valence-corrected chi connectivity index (χ0v) is 18.6. The van der Waals surface area contributed by atoms with Crippen LogP contribution in [0.1, 0.15) is 50.4 Å². The summed E-state index contributed by atoms with van der Waals surface area (Å²) in [5.74, 6) is -0.0891. The minimum Gasteiger partial charge on any atom is -0.444 e. The molecule has 2 aliphatic heterocycles. The van der Waals surface area contributed by atoms with Gasteiger partial charge in [-0.25, -0.2) is 4.79 Å². The van der Waals surface area contributed by atoms with Crippen LogP contribution in [0, 0.1) is 0 Å². The van der Waals surface area contributed by atoms with Crippen molar-refractivity contribution in [2.75, 3.05) is 46.4 Å². The van der Waals surface area contributed by atoms with Crippen LogP contribution < -0.4 is 5.32 Å². The third-order valence-electron chi connectivity index (χ3n) is 5.38. The van der Waals surface area contributed by atoms with Gasteiger partial charge in [-0.05, 0) is 53.1 Å². The van der Waals surface area contributed by atoms with Crippen molar-refractivity contribution < 1.29 is 19.1 Å². The van der Waals surface area contributed by atoms with E-state index >= 15 is 0 Å². The number of likely N-dealkylation sites (N-methyl/N-ethyl adjacent to an activating group) is 1. The lowest BCUT2D eigenvalue weighted by Gasteiger charge is -2.44. The molecular weight excluding hydrogens is 386 g/mol. The molecule has 3 rings (SSSR count). The third-order valence-corrected chi connectivity index (χ3v) is 5.38. The van der Waals surface area contributed by atoms with Crippen molar-refractivity contribution >= 4 is 12.0 Å². The van der Waals surface area contributed by atoms with Gasteiger partial charge in [-0.2, -0.15) is 5.10 Å². The van der Waals surface area contributed by atoms with Crippen molar-refractivity contribution in [1.82, 2.24) is 24.9 Å². The summed E-state index contributed by atoms with van der Waals surface area (Å²) in [6.45, 7) is 9.83. The molecule has 1 saturated heterocycles. The fourth-order valence-electron chi connectivity index (χ4n) is 4.00. The molecule has 9 nitrogen and oxygen atoms in total. The van der Waals surface area contributed by atoms with Crippen LogP contribution >= 0.6 is 0 Å².